The van der Waals surface area contributed by atoms with Crippen molar-refractivity contribution in [3.63, 3.8) is 0 Å². The summed E-state index contributed by atoms with van der Waals surface area (Å²) in [5, 5.41) is 11.7. The molecule has 7 heteroatoms. The number of carbonyl (C=O) groups is 2. The molecule has 3 N–H and O–H groups in total. The van der Waals surface area contributed by atoms with Gasteiger partial charge in [0, 0.05) is 12.6 Å². The van der Waals surface area contributed by atoms with E-state index in [1.807, 2.05) is 24.5 Å². The van der Waals surface area contributed by atoms with Gasteiger partial charge in [-0.05, 0) is 54.2 Å². The Morgan fingerprint density at radius 3 is 2.87 bits per heavy atom. The molecule has 2 aromatic carbocycles. The normalized spacial score (nSPS) is 17.0. The van der Waals surface area contributed by atoms with E-state index >= 15 is 0 Å². The van der Waals surface area contributed by atoms with Crippen LogP contribution in [0.1, 0.15) is 24.8 Å². The van der Waals surface area contributed by atoms with E-state index in [2.05, 4.69) is 40.2 Å². The van der Waals surface area contributed by atoms with Crippen LogP contribution in [0.5, 0.6) is 0 Å². The second-order valence-electron chi connectivity index (χ2n) is 7.57. The topological polar surface area (TPSA) is 79.5 Å². The minimum absolute atomic E-state index is 0.149. The number of thioether (sulfide) groups is 1. The van der Waals surface area contributed by atoms with Crippen molar-refractivity contribution in [2.75, 3.05) is 31.7 Å². The molecule has 1 amide bonds. The Kier molecular flexibility index (Phi) is 8.99. The minimum atomic E-state index is -0.606. The molecule has 1 aliphatic heterocycles. The van der Waals surface area contributed by atoms with Crippen molar-refractivity contribution in [1.29, 1.82) is 0 Å². The van der Waals surface area contributed by atoms with Crippen LogP contribution in [0.2, 0.25) is 0 Å². The van der Waals surface area contributed by atoms with Gasteiger partial charge in [-0.1, -0.05) is 42.5 Å². The van der Waals surface area contributed by atoms with Gasteiger partial charge in [0.05, 0.1) is 6.54 Å². The van der Waals surface area contributed by atoms with E-state index in [4.69, 9.17) is 4.74 Å². The summed E-state index contributed by atoms with van der Waals surface area (Å²) in [5.74, 6) is 0.239. The van der Waals surface area contributed by atoms with Crippen LogP contribution < -0.4 is 16.0 Å². The summed E-state index contributed by atoms with van der Waals surface area (Å²) in [6.07, 6.45) is 4.68. The molecule has 30 heavy (non-hydrogen) atoms. The number of hydrogen-bond donors (Lipinski definition) is 3. The lowest BCUT2D eigenvalue weighted by atomic mass is 10.0. The van der Waals surface area contributed by atoms with E-state index in [9.17, 15) is 9.59 Å². The van der Waals surface area contributed by atoms with Crippen LogP contribution in [0.25, 0.3) is 10.8 Å². The van der Waals surface area contributed by atoms with Crippen molar-refractivity contribution in [3.8, 4) is 0 Å². The van der Waals surface area contributed by atoms with Crippen molar-refractivity contribution >= 4 is 34.4 Å². The summed E-state index contributed by atoms with van der Waals surface area (Å²) in [6.45, 7) is 2.07. The molecule has 2 atom stereocenters. The lowest BCUT2D eigenvalue weighted by Gasteiger charge is -2.19. The average Bonchev–Trinajstić information content (AvgIpc) is 3.29. The molecule has 2 aromatic rings. The van der Waals surface area contributed by atoms with Crippen LogP contribution in [0.4, 0.5) is 0 Å². The number of hydrogen-bond acceptors (Lipinski definition) is 6. The van der Waals surface area contributed by atoms with Gasteiger partial charge >= 0.3 is 5.97 Å². The second-order valence-corrected chi connectivity index (χ2v) is 8.55. The number of nitrogens with one attached hydrogen (secondary N) is 3. The molecule has 162 valence electrons. The van der Waals surface area contributed by atoms with Gasteiger partial charge in [-0.2, -0.15) is 11.8 Å². The smallest absolute Gasteiger partial charge is 0.328 e. The first-order valence-electron chi connectivity index (χ1n) is 10.5. The molecule has 1 fully saturated rings. The maximum atomic E-state index is 12.5. The largest absolute Gasteiger partial charge is 0.463 e. The van der Waals surface area contributed by atoms with Gasteiger partial charge in [-0.25, -0.2) is 4.79 Å². The second kappa shape index (κ2) is 11.9. The summed E-state index contributed by atoms with van der Waals surface area (Å²) in [6, 6.07) is 14.0. The zero-order valence-corrected chi connectivity index (χ0v) is 18.3. The van der Waals surface area contributed by atoms with Crippen LogP contribution in [0.15, 0.2) is 42.5 Å². The molecule has 1 unspecified atom stereocenters. The Morgan fingerprint density at radius 1 is 1.23 bits per heavy atom. The number of rotatable bonds is 11. The van der Waals surface area contributed by atoms with Gasteiger partial charge in [-0.3, -0.25) is 4.79 Å². The van der Waals surface area contributed by atoms with Crippen LogP contribution in [-0.2, 0) is 20.9 Å². The van der Waals surface area contributed by atoms with Crippen LogP contribution in [0.3, 0.4) is 0 Å². The minimum Gasteiger partial charge on any atom is -0.463 e. The van der Waals surface area contributed by atoms with E-state index < -0.39 is 6.04 Å². The summed E-state index contributed by atoms with van der Waals surface area (Å²) < 4.78 is 5.46. The summed E-state index contributed by atoms with van der Waals surface area (Å²) >= 11 is 1.65. The van der Waals surface area contributed by atoms with Crippen LogP contribution in [-0.4, -0.2) is 55.7 Å². The SMILES string of the molecule is CSCCC(NC(=O)CNCc1cccc2ccccc12)C(=O)OC[C@@H]1CCCN1. The maximum absolute atomic E-state index is 12.5. The molecule has 1 heterocycles. The number of ether oxygens (including phenoxy) is 1. The number of benzene rings is 2. The molecule has 0 bridgehead atoms. The van der Waals surface area contributed by atoms with E-state index in [0.717, 1.165) is 30.7 Å². The van der Waals surface area contributed by atoms with E-state index in [-0.39, 0.29) is 24.5 Å². The molecule has 0 spiro atoms. The molecule has 0 aromatic heterocycles. The lowest BCUT2D eigenvalue weighted by molar-refractivity contribution is -0.148. The number of esters is 1. The van der Waals surface area contributed by atoms with Crippen molar-refractivity contribution < 1.29 is 14.3 Å². The fourth-order valence-electron chi connectivity index (χ4n) is 3.67. The van der Waals surface area contributed by atoms with E-state index in [0.29, 0.717) is 19.6 Å². The van der Waals surface area contributed by atoms with E-state index in [1.54, 1.807) is 11.8 Å². The quantitative estimate of drug-likeness (QED) is 0.476. The fraction of sp³-hybridized carbons (Fsp3) is 0.478. The number of carbonyl (C=O) groups excluding carboxylic acids is 2. The summed E-state index contributed by atoms with van der Waals surface area (Å²) in [5.41, 5.74) is 1.14. The third-order valence-corrected chi connectivity index (χ3v) is 5.94. The summed E-state index contributed by atoms with van der Waals surface area (Å²) in [4.78, 5) is 24.9. The standard InChI is InChI=1S/C23H31N3O3S/c1-30-13-11-21(23(28)29-16-19-9-5-12-25-19)26-22(27)15-24-14-18-8-4-7-17-6-2-3-10-20(17)18/h2-4,6-8,10,19,21,24-25H,5,9,11-16H2,1H3,(H,26,27)/t19-,21?/m0/s1. The highest BCUT2D eigenvalue weighted by Crippen LogP contribution is 2.18. The molecule has 0 saturated carbocycles. The average molecular weight is 430 g/mol. The van der Waals surface area contributed by atoms with Crippen molar-refractivity contribution in [2.24, 2.45) is 0 Å². The predicted octanol–water partition coefficient (Wildman–Crippen LogP) is 2.46. The van der Waals surface area contributed by atoms with Gasteiger partial charge in [0.2, 0.25) is 5.91 Å². The molecule has 0 radical (unpaired) electrons. The first-order valence-corrected chi connectivity index (χ1v) is 11.9. The Balaban J connectivity index is 1.47. The highest BCUT2D eigenvalue weighted by molar-refractivity contribution is 7.98. The van der Waals surface area contributed by atoms with Gasteiger partial charge in [0.25, 0.3) is 0 Å². The van der Waals surface area contributed by atoms with Gasteiger partial charge in [0.15, 0.2) is 0 Å². The van der Waals surface area contributed by atoms with Crippen molar-refractivity contribution in [2.45, 2.75) is 37.9 Å². The Bertz CT molecular complexity index is 834. The van der Waals surface area contributed by atoms with E-state index in [1.165, 1.54) is 10.8 Å². The molecular weight excluding hydrogens is 398 g/mol. The van der Waals surface area contributed by atoms with Crippen LogP contribution in [0, 0.1) is 0 Å². The molecule has 6 nitrogen and oxygen atoms in total. The van der Waals surface area contributed by atoms with Gasteiger partial charge in [0.1, 0.15) is 12.6 Å². The third-order valence-electron chi connectivity index (χ3n) is 5.30. The molecule has 3 rings (SSSR count). The Hall–Kier alpha value is -2.09. The molecule has 0 aliphatic carbocycles. The zero-order valence-electron chi connectivity index (χ0n) is 17.5. The molecule has 1 aliphatic rings. The van der Waals surface area contributed by atoms with Gasteiger partial charge in [-0.15, -0.1) is 0 Å². The molecular formula is C23H31N3O3S. The monoisotopic (exact) mass is 429 g/mol. The predicted molar refractivity (Wildman–Crippen MR) is 123 cm³/mol. The Morgan fingerprint density at radius 2 is 2.07 bits per heavy atom. The Labute approximate surface area is 182 Å². The van der Waals surface area contributed by atoms with Gasteiger partial charge < -0.3 is 20.7 Å². The van der Waals surface area contributed by atoms with Crippen LogP contribution >= 0.6 is 11.8 Å². The zero-order chi connectivity index (χ0) is 21.2. The fourth-order valence-corrected chi connectivity index (χ4v) is 4.14. The van der Waals surface area contributed by atoms with Crippen molar-refractivity contribution in [3.05, 3.63) is 48.0 Å². The highest BCUT2D eigenvalue weighted by Gasteiger charge is 2.24. The first-order chi connectivity index (χ1) is 14.7. The number of fused-ring (bicyclic) bond motifs is 1. The summed E-state index contributed by atoms with van der Waals surface area (Å²) in [7, 11) is 0. The maximum Gasteiger partial charge on any atom is 0.328 e. The first kappa shape index (κ1) is 22.6. The number of amides is 1. The van der Waals surface area contributed by atoms with Crippen molar-refractivity contribution in [1.82, 2.24) is 16.0 Å². The lowest BCUT2D eigenvalue weighted by Crippen LogP contribution is -2.46. The highest BCUT2D eigenvalue weighted by atomic mass is 32.2. The molecule has 1 saturated heterocycles. The third kappa shape index (κ3) is 6.72.